The lowest BCUT2D eigenvalue weighted by Crippen LogP contribution is -2.48. The van der Waals surface area contributed by atoms with E-state index in [1.54, 1.807) is 17.3 Å². The highest BCUT2D eigenvalue weighted by atomic mass is 32.2. The van der Waals surface area contributed by atoms with Crippen molar-refractivity contribution in [2.24, 2.45) is 0 Å². The fraction of sp³-hybridized carbons (Fsp3) is 0.500. The van der Waals surface area contributed by atoms with Crippen molar-refractivity contribution in [3.05, 3.63) is 11.4 Å². The summed E-state index contributed by atoms with van der Waals surface area (Å²) in [6.45, 7) is 0.402. The number of carbonyl (C=O) groups is 1. The van der Waals surface area contributed by atoms with Crippen molar-refractivity contribution in [2.45, 2.75) is 23.1 Å². The fourth-order valence-electron chi connectivity index (χ4n) is 1.86. The number of hydrogen-bond donors (Lipinski definition) is 2. The van der Waals surface area contributed by atoms with Crippen molar-refractivity contribution in [1.82, 2.24) is 9.62 Å². The number of likely N-dealkylation sites (tertiary alicyclic amines) is 1. The maximum atomic E-state index is 12.0. The van der Waals surface area contributed by atoms with Gasteiger partial charge in [0.2, 0.25) is 15.9 Å². The zero-order chi connectivity index (χ0) is 13.3. The van der Waals surface area contributed by atoms with Crippen LogP contribution in [0.5, 0.6) is 0 Å². The molecule has 0 aliphatic carbocycles. The number of likely N-dealkylation sites (N-methyl/N-ethyl adjacent to an activating group) is 1. The first-order valence-corrected chi connectivity index (χ1v) is 7.85. The lowest BCUT2D eigenvalue weighted by molar-refractivity contribution is -0.132. The van der Waals surface area contributed by atoms with Crippen molar-refractivity contribution in [1.29, 1.82) is 0 Å². The van der Waals surface area contributed by atoms with Gasteiger partial charge in [0, 0.05) is 37.1 Å². The quantitative estimate of drug-likeness (QED) is 0.833. The number of anilines is 1. The largest absolute Gasteiger partial charge is 0.398 e. The van der Waals surface area contributed by atoms with Gasteiger partial charge < -0.3 is 10.6 Å². The Hall–Kier alpha value is -1.12. The van der Waals surface area contributed by atoms with Gasteiger partial charge in [0.25, 0.3) is 0 Å². The Morgan fingerprint density at radius 2 is 2.28 bits per heavy atom. The van der Waals surface area contributed by atoms with E-state index in [1.165, 1.54) is 6.07 Å². The number of thiophene rings is 1. The third kappa shape index (κ3) is 2.82. The van der Waals surface area contributed by atoms with Crippen LogP contribution in [-0.2, 0) is 14.8 Å². The van der Waals surface area contributed by atoms with Crippen LogP contribution in [0.4, 0.5) is 5.69 Å². The van der Waals surface area contributed by atoms with E-state index in [9.17, 15) is 13.2 Å². The number of nitrogens with zero attached hydrogens (tertiary/aromatic N) is 1. The van der Waals surface area contributed by atoms with Gasteiger partial charge in [-0.3, -0.25) is 4.79 Å². The minimum absolute atomic E-state index is 0.0471. The Balaban J connectivity index is 2.07. The summed E-state index contributed by atoms with van der Waals surface area (Å²) in [5.41, 5.74) is 5.96. The third-order valence-electron chi connectivity index (χ3n) is 2.81. The number of piperidine rings is 1. The highest BCUT2D eigenvalue weighted by molar-refractivity contribution is 7.91. The molecule has 1 amide bonds. The first-order chi connectivity index (χ1) is 8.38. The first kappa shape index (κ1) is 13.3. The monoisotopic (exact) mass is 289 g/mol. The van der Waals surface area contributed by atoms with Crippen molar-refractivity contribution in [3.8, 4) is 0 Å². The number of carbonyl (C=O) groups excluding carboxylic acids is 1. The number of nitrogens with one attached hydrogen (secondary N) is 1. The van der Waals surface area contributed by atoms with E-state index in [0.29, 0.717) is 25.1 Å². The Bertz CT molecular complexity index is 552. The molecule has 2 heterocycles. The third-order valence-corrected chi connectivity index (χ3v) is 5.79. The highest BCUT2D eigenvalue weighted by Gasteiger charge is 2.27. The normalized spacial score (nSPS) is 21.3. The number of rotatable bonds is 3. The van der Waals surface area contributed by atoms with Gasteiger partial charge in [0.15, 0.2) is 0 Å². The predicted octanol–water partition coefficient (Wildman–Crippen LogP) is 0.229. The van der Waals surface area contributed by atoms with Crippen LogP contribution in [0.3, 0.4) is 0 Å². The molecule has 100 valence electrons. The van der Waals surface area contributed by atoms with Gasteiger partial charge in [-0.15, -0.1) is 11.3 Å². The number of nitrogens with two attached hydrogens (primary N) is 1. The van der Waals surface area contributed by atoms with Crippen LogP contribution in [0.25, 0.3) is 0 Å². The SMILES string of the molecule is CN1CC(NS(=O)(=O)c2cc(N)cs2)CCC1=O. The molecule has 2 rings (SSSR count). The maximum absolute atomic E-state index is 12.0. The first-order valence-electron chi connectivity index (χ1n) is 5.49. The molecule has 1 aromatic rings. The standard InChI is InChI=1S/C10H15N3O3S2/c1-13-5-8(2-3-9(13)14)12-18(15,16)10-4-7(11)6-17-10/h4,6,8,12H,2-3,5,11H2,1H3. The lowest BCUT2D eigenvalue weighted by atomic mass is 10.1. The number of amides is 1. The Morgan fingerprint density at radius 3 is 2.83 bits per heavy atom. The second-order valence-corrected chi connectivity index (χ2v) is 7.18. The lowest BCUT2D eigenvalue weighted by Gasteiger charge is -2.29. The average molecular weight is 289 g/mol. The summed E-state index contributed by atoms with van der Waals surface area (Å²) in [4.78, 5) is 12.9. The van der Waals surface area contributed by atoms with Crippen LogP contribution in [0.15, 0.2) is 15.7 Å². The molecule has 6 nitrogen and oxygen atoms in total. The maximum Gasteiger partial charge on any atom is 0.250 e. The predicted molar refractivity (Wildman–Crippen MR) is 69.7 cm³/mol. The van der Waals surface area contributed by atoms with Crippen molar-refractivity contribution >= 4 is 33.0 Å². The zero-order valence-electron chi connectivity index (χ0n) is 9.92. The van der Waals surface area contributed by atoms with E-state index >= 15 is 0 Å². The minimum Gasteiger partial charge on any atom is -0.398 e. The molecule has 1 atom stereocenters. The van der Waals surface area contributed by atoms with Crippen molar-refractivity contribution < 1.29 is 13.2 Å². The molecule has 1 fully saturated rings. The van der Waals surface area contributed by atoms with Crippen molar-refractivity contribution in [2.75, 3.05) is 19.3 Å². The molecule has 0 spiro atoms. The number of hydrogen-bond acceptors (Lipinski definition) is 5. The van der Waals surface area contributed by atoms with Gasteiger partial charge >= 0.3 is 0 Å². The minimum atomic E-state index is -3.53. The molecule has 1 saturated heterocycles. The van der Waals surface area contributed by atoms with Crippen molar-refractivity contribution in [3.63, 3.8) is 0 Å². The van der Waals surface area contributed by atoms with Gasteiger partial charge in [-0.25, -0.2) is 13.1 Å². The molecule has 3 N–H and O–H groups in total. The van der Waals surface area contributed by atoms with E-state index in [0.717, 1.165) is 11.3 Å². The van der Waals surface area contributed by atoms with Gasteiger partial charge in [0.1, 0.15) is 4.21 Å². The number of nitrogen functional groups attached to an aromatic ring is 1. The molecule has 0 aromatic carbocycles. The van der Waals surface area contributed by atoms with Gasteiger partial charge in [-0.1, -0.05) is 0 Å². The van der Waals surface area contributed by atoms with Gasteiger partial charge in [-0.2, -0.15) is 0 Å². The van der Waals surface area contributed by atoms with E-state index < -0.39 is 10.0 Å². The van der Waals surface area contributed by atoms with Crippen LogP contribution in [0, 0.1) is 0 Å². The smallest absolute Gasteiger partial charge is 0.250 e. The summed E-state index contributed by atoms with van der Waals surface area (Å²) >= 11 is 1.09. The fourth-order valence-corrected chi connectivity index (χ4v) is 4.22. The molecular weight excluding hydrogens is 274 g/mol. The Morgan fingerprint density at radius 1 is 1.56 bits per heavy atom. The van der Waals surface area contributed by atoms with Gasteiger partial charge in [0.05, 0.1) is 0 Å². The summed E-state index contributed by atoms with van der Waals surface area (Å²) in [5, 5.41) is 1.59. The topological polar surface area (TPSA) is 92.5 Å². The van der Waals surface area contributed by atoms with E-state index in [2.05, 4.69) is 4.72 Å². The van der Waals surface area contributed by atoms with Gasteiger partial charge in [-0.05, 0) is 12.5 Å². The van der Waals surface area contributed by atoms with Crippen LogP contribution in [0.1, 0.15) is 12.8 Å². The highest BCUT2D eigenvalue weighted by Crippen LogP contribution is 2.22. The second-order valence-electron chi connectivity index (χ2n) is 4.33. The molecule has 8 heteroatoms. The summed E-state index contributed by atoms with van der Waals surface area (Å²) in [6, 6.07) is 1.20. The van der Waals surface area contributed by atoms with Crippen LogP contribution >= 0.6 is 11.3 Å². The molecule has 18 heavy (non-hydrogen) atoms. The van der Waals surface area contributed by atoms with Crippen LogP contribution < -0.4 is 10.5 Å². The van der Waals surface area contributed by atoms with E-state index in [1.807, 2.05) is 0 Å². The van der Waals surface area contributed by atoms with E-state index in [4.69, 9.17) is 5.73 Å². The summed E-state index contributed by atoms with van der Waals surface area (Å²) in [6.07, 6.45) is 0.902. The molecule has 1 aliphatic rings. The Kier molecular flexibility index (Phi) is 3.60. The molecule has 1 aromatic heterocycles. The summed E-state index contributed by atoms with van der Waals surface area (Å²) < 4.78 is 26.9. The summed E-state index contributed by atoms with van der Waals surface area (Å²) in [5.74, 6) is 0.0471. The molecule has 1 unspecified atom stereocenters. The zero-order valence-corrected chi connectivity index (χ0v) is 11.6. The molecular formula is C10H15N3O3S2. The number of sulfonamides is 1. The molecule has 1 aliphatic heterocycles. The van der Waals surface area contributed by atoms with Crippen LogP contribution in [-0.4, -0.2) is 38.9 Å². The summed E-state index contributed by atoms with van der Waals surface area (Å²) in [7, 11) is -1.86. The molecule has 0 bridgehead atoms. The second kappa shape index (κ2) is 4.87. The van der Waals surface area contributed by atoms with E-state index in [-0.39, 0.29) is 16.2 Å². The van der Waals surface area contributed by atoms with Crippen LogP contribution in [0.2, 0.25) is 0 Å². The molecule has 0 radical (unpaired) electrons. The Labute approximate surface area is 110 Å². The average Bonchev–Trinajstić information content (AvgIpc) is 2.71. The molecule has 0 saturated carbocycles.